The molecular formula is C10H18N2O4. The van der Waals surface area contributed by atoms with Crippen molar-refractivity contribution in [1.82, 2.24) is 10.6 Å². The summed E-state index contributed by atoms with van der Waals surface area (Å²) in [5, 5.41) is 22.5. The van der Waals surface area contributed by atoms with Crippen molar-refractivity contribution < 1.29 is 19.8 Å². The molecule has 4 N–H and O–H groups in total. The lowest BCUT2D eigenvalue weighted by Gasteiger charge is -2.08. The summed E-state index contributed by atoms with van der Waals surface area (Å²) in [5.74, 6) is -0.495. The van der Waals surface area contributed by atoms with Gasteiger partial charge in [-0.05, 0) is 12.3 Å². The molecule has 1 saturated carbocycles. The van der Waals surface area contributed by atoms with Gasteiger partial charge in [0.05, 0.1) is 0 Å². The van der Waals surface area contributed by atoms with Gasteiger partial charge in [0, 0.05) is 19.5 Å². The molecule has 0 spiro atoms. The van der Waals surface area contributed by atoms with Crippen LogP contribution in [0.3, 0.4) is 0 Å². The summed E-state index contributed by atoms with van der Waals surface area (Å²) in [6.07, 6.45) is 2.13. The first kappa shape index (κ1) is 12.8. The van der Waals surface area contributed by atoms with Crippen LogP contribution >= 0.6 is 0 Å². The van der Waals surface area contributed by atoms with Crippen LogP contribution in [-0.2, 0) is 4.79 Å². The number of aliphatic hydroxyl groups is 1. The molecule has 2 amide bonds. The molecule has 1 fully saturated rings. The van der Waals surface area contributed by atoms with E-state index < -0.39 is 12.1 Å². The summed E-state index contributed by atoms with van der Waals surface area (Å²) in [7, 11) is 0. The number of amides is 2. The maximum Gasteiger partial charge on any atom is 0.332 e. The Labute approximate surface area is 94.0 Å². The molecule has 0 bridgehead atoms. The fraction of sp³-hybridized carbons (Fsp3) is 0.800. The van der Waals surface area contributed by atoms with Gasteiger partial charge < -0.3 is 20.8 Å². The average Bonchev–Trinajstić information content (AvgIpc) is 3.01. The number of carboxylic acid groups (broad SMARTS) is 1. The van der Waals surface area contributed by atoms with Crippen LogP contribution in [0.5, 0.6) is 0 Å². The molecule has 0 radical (unpaired) electrons. The Morgan fingerprint density at radius 3 is 2.44 bits per heavy atom. The predicted molar refractivity (Wildman–Crippen MR) is 57.0 cm³/mol. The van der Waals surface area contributed by atoms with Gasteiger partial charge in [-0.2, -0.15) is 0 Å². The molecule has 1 atom stereocenters. The van der Waals surface area contributed by atoms with Crippen molar-refractivity contribution in [1.29, 1.82) is 0 Å². The Bertz CT molecular complexity index is 253. The fourth-order valence-electron chi connectivity index (χ4n) is 1.30. The van der Waals surface area contributed by atoms with Gasteiger partial charge in [0.25, 0.3) is 0 Å². The number of nitrogens with one attached hydrogen (secondary N) is 2. The van der Waals surface area contributed by atoms with Gasteiger partial charge in [0.2, 0.25) is 0 Å². The molecule has 1 unspecified atom stereocenters. The van der Waals surface area contributed by atoms with Crippen LogP contribution in [0.4, 0.5) is 4.79 Å². The zero-order valence-corrected chi connectivity index (χ0v) is 9.11. The van der Waals surface area contributed by atoms with Gasteiger partial charge in [-0.15, -0.1) is 0 Å². The topological polar surface area (TPSA) is 98.7 Å². The number of aliphatic hydroxyl groups excluding tert-OH is 1. The van der Waals surface area contributed by atoms with Crippen molar-refractivity contribution in [2.75, 3.05) is 13.1 Å². The number of carboxylic acids is 1. The van der Waals surface area contributed by atoms with Gasteiger partial charge in [-0.1, -0.05) is 12.8 Å². The Kier molecular flexibility index (Phi) is 5.04. The average molecular weight is 230 g/mol. The summed E-state index contributed by atoms with van der Waals surface area (Å²) in [5.41, 5.74) is 0. The van der Waals surface area contributed by atoms with Gasteiger partial charge in [0.1, 0.15) is 0 Å². The third-order valence-electron chi connectivity index (χ3n) is 2.52. The Hall–Kier alpha value is -1.30. The second-order valence-corrected chi connectivity index (χ2v) is 4.06. The third-order valence-corrected chi connectivity index (χ3v) is 2.52. The summed E-state index contributed by atoms with van der Waals surface area (Å²) >= 11 is 0. The van der Waals surface area contributed by atoms with E-state index in [0.29, 0.717) is 6.54 Å². The number of hydrogen-bond donors (Lipinski definition) is 4. The second kappa shape index (κ2) is 6.32. The van der Waals surface area contributed by atoms with E-state index in [0.717, 1.165) is 12.3 Å². The van der Waals surface area contributed by atoms with Crippen molar-refractivity contribution in [2.24, 2.45) is 5.92 Å². The Balaban J connectivity index is 1.94. The highest BCUT2D eigenvalue weighted by atomic mass is 16.4. The highest BCUT2D eigenvalue weighted by Gasteiger charge is 2.20. The predicted octanol–water partition coefficient (Wildman–Crippen LogP) is -0.0787. The molecule has 1 rings (SSSR count). The second-order valence-electron chi connectivity index (χ2n) is 4.06. The SMILES string of the molecule is O=C(NCCC1CC1)NCCC(O)C(=O)O. The van der Waals surface area contributed by atoms with E-state index in [2.05, 4.69) is 10.6 Å². The van der Waals surface area contributed by atoms with Crippen LogP contribution in [0, 0.1) is 5.92 Å². The monoisotopic (exact) mass is 230 g/mol. The molecule has 0 aromatic rings. The zero-order valence-electron chi connectivity index (χ0n) is 9.11. The molecule has 0 aromatic heterocycles. The van der Waals surface area contributed by atoms with Crippen LogP contribution in [-0.4, -0.2) is 41.4 Å². The summed E-state index contributed by atoms with van der Waals surface area (Å²) in [4.78, 5) is 21.4. The number of carbonyl (C=O) groups is 2. The molecule has 0 aliphatic heterocycles. The minimum atomic E-state index is -1.41. The number of hydrogen-bond acceptors (Lipinski definition) is 3. The summed E-state index contributed by atoms with van der Waals surface area (Å²) < 4.78 is 0. The lowest BCUT2D eigenvalue weighted by molar-refractivity contribution is -0.146. The van der Waals surface area contributed by atoms with E-state index in [9.17, 15) is 9.59 Å². The lowest BCUT2D eigenvalue weighted by atomic mass is 10.2. The molecular weight excluding hydrogens is 212 g/mol. The minimum Gasteiger partial charge on any atom is -0.479 e. The third kappa shape index (κ3) is 5.55. The van der Waals surface area contributed by atoms with Gasteiger partial charge in [-0.25, -0.2) is 9.59 Å². The van der Waals surface area contributed by atoms with Crippen molar-refractivity contribution in [3.8, 4) is 0 Å². The van der Waals surface area contributed by atoms with E-state index in [-0.39, 0.29) is 19.0 Å². The maximum absolute atomic E-state index is 11.1. The number of rotatable bonds is 7. The van der Waals surface area contributed by atoms with Gasteiger partial charge >= 0.3 is 12.0 Å². The largest absolute Gasteiger partial charge is 0.479 e. The van der Waals surface area contributed by atoms with E-state index in [1.165, 1.54) is 12.8 Å². The number of aliphatic carboxylic acids is 1. The van der Waals surface area contributed by atoms with Gasteiger partial charge in [0.15, 0.2) is 6.10 Å². The maximum atomic E-state index is 11.1. The highest BCUT2D eigenvalue weighted by molar-refractivity contribution is 5.74. The minimum absolute atomic E-state index is 0.0192. The molecule has 6 heteroatoms. The Morgan fingerprint density at radius 2 is 1.88 bits per heavy atom. The molecule has 1 aliphatic rings. The fourth-order valence-corrected chi connectivity index (χ4v) is 1.30. The normalized spacial score (nSPS) is 16.6. The van der Waals surface area contributed by atoms with Crippen molar-refractivity contribution in [3.63, 3.8) is 0 Å². The van der Waals surface area contributed by atoms with Crippen LogP contribution in [0.2, 0.25) is 0 Å². The molecule has 0 aromatic carbocycles. The zero-order chi connectivity index (χ0) is 12.0. The van der Waals surface area contributed by atoms with Gasteiger partial charge in [-0.3, -0.25) is 0 Å². The summed E-state index contributed by atoms with van der Waals surface area (Å²) in [6.45, 7) is 0.806. The highest BCUT2D eigenvalue weighted by Crippen LogP contribution is 2.31. The van der Waals surface area contributed by atoms with E-state index in [1.54, 1.807) is 0 Å². The molecule has 0 heterocycles. The van der Waals surface area contributed by atoms with E-state index in [1.807, 2.05) is 0 Å². The van der Waals surface area contributed by atoms with Crippen LogP contribution in [0.1, 0.15) is 25.7 Å². The van der Waals surface area contributed by atoms with Crippen molar-refractivity contribution in [3.05, 3.63) is 0 Å². The smallest absolute Gasteiger partial charge is 0.332 e. The molecule has 92 valence electrons. The molecule has 16 heavy (non-hydrogen) atoms. The van der Waals surface area contributed by atoms with Crippen LogP contribution < -0.4 is 10.6 Å². The van der Waals surface area contributed by atoms with Crippen molar-refractivity contribution in [2.45, 2.75) is 31.8 Å². The quantitative estimate of drug-likeness (QED) is 0.491. The summed E-state index contributed by atoms with van der Waals surface area (Å²) in [6, 6.07) is -0.307. The number of urea groups is 1. The van der Waals surface area contributed by atoms with Crippen LogP contribution in [0.15, 0.2) is 0 Å². The molecule has 0 saturated heterocycles. The Morgan fingerprint density at radius 1 is 1.25 bits per heavy atom. The molecule has 6 nitrogen and oxygen atoms in total. The first-order valence-corrected chi connectivity index (χ1v) is 5.52. The first-order valence-electron chi connectivity index (χ1n) is 5.52. The first-order chi connectivity index (χ1) is 7.59. The van der Waals surface area contributed by atoms with Crippen molar-refractivity contribution >= 4 is 12.0 Å². The number of carbonyl (C=O) groups excluding carboxylic acids is 1. The van der Waals surface area contributed by atoms with E-state index in [4.69, 9.17) is 10.2 Å². The molecule has 1 aliphatic carbocycles. The van der Waals surface area contributed by atoms with E-state index >= 15 is 0 Å². The van der Waals surface area contributed by atoms with Crippen LogP contribution in [0.25, 0.3) is 0 Å². The lowest BCUT2D eigenvalue weighted by Crippen LogP contribution is -2.38. The standard InChI is InChI=1S/C10H18N2O4/c13-8(9(14)15)4-6-12-10(16)11-5-3-7-1-2-7/h7-8,13H,1-6H2,(H,14,15)(H2,11,12,16).